The number of hydrogen-bond donors (Lipinski definition) is 0. The van der Waals surface area contributed by atoms with Crippen molar-refractivity contribution in [1.29, 1.82) is 0 Å². The predicted octanol–water partition coefficient (Wildman–Crippen LogP) is 1.72. The molecule has 1 rings (SSSR count). The Balaban J connectivity index is 2.57. The molecule has 3 heteroatoms. The Morgan fingerprint density at radius 2 is 2.21 bits per heavy atom. The second kappa shape index (κ2) is 5.27. The van der Waals surface area contributed by atoms with Crippen molar-refractivity contribution in [3.63, 3.8) is 0 Å². The van der Waals surface area contributed by atoms with Crippen molar-refractivity contribution in [1.82, 2.24) is 0 Å². The summed E-state index contributed by atoms with van der Waals surface area (Å²) in [6, 6.07) is 0. The molecule has 0 atom stereocenters. The fourth-order valence-corrected chi connectivity index (χ4v) is 1.76. The van der Waals surface area contributed by atoms with Crippen LogP contribution in [0.3, 0.4) is 0 Å². The highest BCUT2D eigenvalue weighted by molar-refractivity contribution is 5.87. The number of hydrogen-bond acceptors (Lipinski definition) is 3. The van der Waals surface area contributed by atoms with Crippen molar-refractivity contribution in [3.05, 3.63) is 12.7 Å². The third kappa shape index (κ3) is 2.42. The number of Topliss-reactive ketones (excluding diaryl/α,β-unsaturated/α-hetero) is 1. The number of carbonyl (C=O) groups excluding carboxylic acids is 1. The molecule has 0 N–H and O–H groups in total. The summed E-state index contributed by atoms with van der Waals surface area (Å²) in [4.78, 5) is 11.9. The van der Waals surface area contributed by atoms with Gasteiger partial charge in [0.05, 0.1) is 0 Å². The fraction of sp³-hybridized carbons (Fsp3) is 0.727. The predicted molar refractivity (Wildman–Crippen MR) is 54.2 cm³/mol. The molecular weight excluding hydrogens is 180 g/mol. The molecule has 0 unspecified atom stereocenters. The van der Waals surface area contributed by atoms with Crippen molar-refractivity contribution in [2.24, 2.45) is 0 Å². The van der Waals surface area contributed by atoms with Crippen molar-refractivity contribution >= 4 is 5.78 Å². The van der Waals surface area contributed by atoms with Gasteiger partial charge in [-0.2, -0.15) is 0 Å². The van der Waals surface area contributed by atoms with Crippen LogP contribution in [0.2, 0.25) is 0 Å². The van der Waals surface area contributed by atoms with Gasteiger partial charge in [0, 0.05) is 39.6 Å². The van der Waals surface area contributed by atoms with E-state index in [1.807, 2.05) is 0 Å². The number of allylic oxidation sites excluding steroid dienone is 1. The van der Waals surface area contributed by atoms with Gasteiger partial charge in [-0.1, -0.05) is 6.08 Å². The van der Waals surface area contributed by atoms with E-state index < -0.39 is 5.60 Å². The maximum absolute atomic E-state index is 11.9. The molecule has 1 fully saturated rings. The van der Waals surface area contributed by atoms with Crippen LogP contribution in [0.15, 0.2) is 12.7 Å². The van der Waals surface area contributed by atoms with Gasteiger partial charge in [-0.3, -0.25) is 4.79 Å². The third-order valence-corrected chi connectivity index (χ3v) is 2.77. The highest BCUT2D eigenvalue weighted by Gasteiger charge is 2.38. The number of ether oxygens (including phenoxy) is 2. The number of ketones is 1. The minimum absolute atomic E-state index is 0.184. The molecule has 0 aromatic carbocycles. The van der Waals surface area contributed by atoms with E-state index >= 15 is 0 Å². The van der Waals surface area contributed by atoms with Crippen LogP contribution in [0.1, 0.15) is 25.7 Å². The Kier molecular flexibility index (Phi) is 4.29. The second-order valence-electron chi connectivity index (χ2n) is 3.56. The minimum atomic E-state index is -0.582. The molecular formula is C11H18O3. The van der Waals surface area contributed by atoms with Gasteiger partial charge in [0.1, 0.15) is 5.60 Å². The molecule has 0 amide bonds. The minimum Gasteiger partial charge on any atom is -0.381 e. The summed E-state index contributed by atoms with van der Waals surface area (Å²) in [7, 11) is 1.61. The lowest BCUT2D eigenvalue weighted by atomic mass is 9.87. The van der Waals surface area contributed by atoms with E-state index in [1.165, 1.54) is 0 Å². The molecule has 0 aromatic heterocycles. The molecule has 1 aliphatic heterocycles. The summed E-state index contributed by atoms with van der Waals surface area (Å²) in [5, 5.41) is 0. The first-order valence-corrected chi connectivity index (χ1v) is 5.02. The lowest BCUT2D eigenvalue weighted by Crippen LogP contribution is -2.45. The lowest BCUT2D eigenvalue weighted by molar-refractivity contribution is -0.152. The molecule has 0 radical (unpaired) electrons. The second-order valence-corrected chi connectivity index (χ2v) is 3.56. The van der Waals surface area contributed by atoms with Crippen molar-refractivity contribution < 1.29 is 14.3 Å². The highest BCUT2D eigenvalue weighted by Crippen LogP contribution is 2.27. The Hall–Kier alpha value is -0.670. The van der Waals surface area contributed by atoms with Gasteiger partial charge < -0.3 is 9.47 Å². The molecule has 14 heavy (non-hydrogen) atoms. The van der Waals surface area contributed by atoms with Crippen LogP contribution in [0, 0.1) is 0 Å². The van der Waals surface area contributed by atoms with Gasteiger partial charge in [-0.05, 0) is 6.42 Å². The average Bonchev–Trinajstić information content (AvgIpc) is 2.26. The van der Waals surface area contributed by atoms with Crippen LogP contribution < -0.4 is 0 Å². The standard InChI is InChI=1S/C11H18O3/c1-3-4-5-10(12)11(13-2)6-8-14-9-7-11/h3H,1,4-9H2,2H3. The number of carbonyl (C=O) groups is 1. The van der Waals surface area contributed by atoms with Crippen LogP contribution >= 0.6 is 0 Å². The van der Waals surface area contributed by atoms with E-state index in [9.17, 15) is 4.79 Å². The van der Waals surface area contributed by atoms with E-state index in [1.54, 1.807) is 13.2 Å². The van der Waals surface area contributed by atoms with Gasteiger partial charge in [0.2, 0.25) is 0 Å². The fourth-order valence-electron chi connectivity index (χ4n) is 1.76. The zero-order valence-electron chi connectivity index (χ0n) is 8.75. The van der Waals surface area contributed by atoms with Crippen LogP contribution in [0.5, 0.6) is 0 Å². The molecule has 0 aromatic rings. The summed E-state index contributed by atoms with van der Waals surface area (Å²) in [5.74, 6) is 0.184. The van der Waals surface area contributed by atoms with E-state index in [0.717, 1.165) is 6.42 Å². The molecule has 1 saturated heterocycles. The smallest absolute Gasteiger partial charge is 0.165 e. The van der Waals surface area contributed by atoms with Crippen LogP contribution in [0.25, 0.3) is 0 Å². The van der Waals surface area contributed by atoms with E-state index in [0.29, 0.717) is 32.5 Å². The van der Waals surface area contributed by atoms with Crippen LogP contribution in [-0.4, -0.2) is 31.7 Å². The Bertz CT molecular complexity index is 205. The molecule has 1 heterocycles. The maximum Gasteiger partial charge on any atom is 0.165 e. The number of methoxy groups -OCH3 is 1. The summed E-state index contributed by atoms with van der Waals surface area (Å²) in [5.41, 5.74) is -0.582. The highest BCUT2D eigenvalue weighted by atomic mass is 16.5. The Morgan fingerprint density at radius 1 is 1.57 bits per heavy atom. The van der Waals surface area contributed by atoms with Crippen molar-refractivity contribution in [3.8, 4) is 0 Å². The van der Waals surface area contributed by atoms with Crippen LogP contribution in [0.4, 0.5) is 0 Å². The van der Waals surface area contributed by atoms with Crippen molar-refractivity contribution in [2.75, 3.05) is 20.3 Å². The van der Waals surface area contributed by atoms with E-state index in [-0.39, 0.29) is 5.78 Å². The number of rotatable bonds is 5. The van der Waals surface area contributed by atoms with Crippen LogP contribution in [-0.2, 0) is 14.3 Å². The first kappa shape index (κ1) is 11.4. The Labute approximate surface area is 85.1 Å². The molecule has 0 saturated carbocycles. The largest absolute Gasteiger partial charge is 0.381 e. The third-order valence-electron chi connectivity index (χ3n) is 2.77. The van der Waals surface area contributed by atoms with Gasteiger partial charge in [-0.15, -0.1) is 6.58 Å². The summed E-state index contributed by atoms with van der Waals surface area (Å²) >= 11 is 0. The molecule has 1 aliphatic rings. The average molecular weight is 198 g/mol. The summed E-state index contributed by atoms with van der Waals surface area (Å²) < 4.78 is 10.6. The SMILES string of the molecule is C=CCCC(=O)C1(OC)CCOCC1. The first-order valence-electron chi connectivity index (χ1n) is 5.02. The molecule has 0 spiro atoms. The van der Waals surface area contributed by atoms with Gasteiger partial charge in [0.15, 0.2) is 5.78 Å². The molecule has 3 nitrogen and oxygen atoms in total. The molecule has 80 valence electrons. The quantitative estimate of drug-likeness (QED) is 0.631. The lowest BCUT2D eigenvalue weighted by Gasteiger charge is -2.34. The topological polar surface area (TPSA) is 35.5 Å². The Morgan fingerprint density at radius 3 is 2.71 bits per heavy atom. The van der Waals surface area contributed by atoms with Gasteiger partial charge in [-0.25, -0.2) is 0 Å². The first-order chi connectivity index (χ1) is 6.75. The normalized spacial score (nSPS) is 20.4. The van der Waals surface area contributed by atoms with Gasteiger partial charge >= 0.3 is 0 Å². The van der Waals surface area contributed by atoms with E-state index in [2.05, 4.69) is 6.58 Å². The van der Waals surface area contributed by atoms with Gasteiger partial charge in [0.25, 0.3) is 0 Å². The zero-order chi connectivity index (χ0) is 10.4. The van der Waals surface area contributed by atoms with Crippen molar-refractivity contribution in [2.45, 2.75) is 31.3 Å². The van der Waals surface area contributed by atoms with E-state index in [4.69, 9.17) is 9.47 Å². The summed E-state index contributed by atoms with van der Waals surface area (Å²) in [6.45, 7) is 4.85. The molecule has 0 aliphatic carbocycles. The maximum atomic E-state index is 11.9. The summed E-state index contributed by atoms with van der Waals surface area (Å²) in [6.07, 6.45) is 4.38. The zero-order valence-corrected chi connectivity index (χ0v) is 8.75. The monoisotopic (exact) mass is 198 g/mol. The molecule has 0 bridgehead atoms.